The summed E-state index contributed by atoms with van der Waals surface area (Å²) in [4.78, 5) is 11.1. The summed E-state index contributed by atoms with van der Waals surface area (Å²) in [6, 6.07) is 14.5. The van der Waals surface area contributed by atoms with Crippen molar-refractivity contribution >= 4 is 16.7 Å². The van der Waals surface area contributed by atoms with Crippen molar-refractivity contribution in [3.63, 3.8) is 0 Å². The Morgan fingerprint density at radius 1 is 1.19 bits per heavy atom. The molecule has 2 heteroatoms. The number of hydrogen-bond donors (Lipinski definition) is 1. The number of rotatable bonds is 3. The highest BCUT2D eigenvalue weighted by atomic mass is 16.1. The first-order chi connectivity index (χ1) is 7.79. The molecule has 0 aliphatic heterocycles. The fourth-order valence-electron chi connectivity index (χ4n) is 1.67. The molecule has 1 amide bonds. The second kappa shape index (κ2) is 4.79. The Balaban J connectivity index is 0.00000144. The molecular formula is C14H17NO. The van der Waals surface area contributed by atoms with Gasteiger partial charge in [-0.1, -0.05) is 43.3 Å². The van der Waals surface area contributed by atoms with E-state index >= 15 is 0 Å². The molecule has 0 saturated heterocycles. The average molecular weight is 215 g/mol. The van der Waals surface area contributed by atoms with Crippen LogP contribution in [-0.4, -0.2) is 5.91 Å². The van der Waals surface area contributed by atoms with E-state index in [4.69, 9.17) is 0 Å². The third kappa shape index (κ3) is 2.40. The number of fused-ring (bicyclic) bond motifs is 1. The van der Waals surface area contributed by atoms with Crippen LogP contribution in [0.25, 0.3) is 10.8 Å². The second-order valence-corrected chi connectivity index (χ2v) is 3.81. The van der Waals surface area contributed by atoms with Gasteiger partial charge in [0.05, 0.1) is 0 Å². The summed E-state index contributed by atoms with van der Waals surface area (Å²) in [6.07, 6.45) is 0.535. The Morgan fingerprint density at radius 2 is 1.94 bits per heavy atom. The summed E-state index contributed by atoms with van der Waals surface area (Å²) in [5.74, 6) is 0.0909. The van der Waals surface area contributed by atoms with Crippen LogP contribution in [0.4, 0.5) is 0 Å². The molecule has 16 heavy (non-hydrogen) atoms. The van der Waals surface area contributed by atoms with E-state index in [0.717, 1.165) is 5.56 Å². The van der Waals surface area contributed by atoms with Gasteiger partial charge in [0.2, 0.25) is 5.91 Å². The minimum atomic E-state index is 0. The minimum Gasteiger partial charge on any atom is -0.352 e. The fraction of sp³-hybridized carbons (Fsp3) is 0.214. The number of carbonyl (C=O) groups is 1. The lowest BCUT2D eigenvalue weighted by Gasteiger charge is -2.05. The lowest BCUT2D eigenvalue weighted by molar-refractivity contribution is -0.120. The van der Waals surface area contributed by atoms with Gasteiger partial charge in [-0.3, -0.25) is 4.79 Å². The van der Waals surface area contributed by atoms with Gasteiger partial charge in [0.25, 0.3) is 0 Å². The molecule has 84 valence electrons. The van der Waals surface area contributed by atoms with Crippen LogP contribution in [0.3, 0.4) is 0 Å². The topological polar surface area (TPSA) is 29.1 Å². The van der Waals surface area contributed by atoms with Crippen molar-refractivity contribution in [1.82, 2.24) is 5.32 Å². The molecule has 0 heterocycles. The summed E-state index contributed by atoms with van der Waals surface area (Å²) >= 11 is 0. The lowest BCUT2D eigenvalue weighted by Crippen LogP contribution is -2.21. The molecule has 0 aliphatic rings. The molecule has 2 aromatic carbocycles. The normalized spacial score (nSPS) is 10.3. The second-order valence-electron chi connectivity index (χ2n) is 3.81. The molecule has 0 radical (unpaired) electrons. The van der Waals surface area contributed by atoms with Gasteiger partial charge in [0, 0.05) is 14.4 Å². The molecule has 0 bridgehead atoms. The van der Waals surface area contributed by atoms with Crippen LogP contribution in [0.2, 0.25) is 0 Å². The Kier molecular flexibility index (Phi) is 3.20. The van der Waals surface area contributed by atoms with Gasteiger partial charge in [-0.15, -0.1) is 0 Å². The van der Waals surface area contributed by atoms with Crippen molar-refractivity contribution in [3.05, 3.63) is 48.0 Å². The van der Waals surface area contributed by atoms with Gasteiger partial charge in [-0.25, -0.2) is 0 Å². The quantitative estimate of drug-likeness (QED) is 0.837. The first kappa shape index (κ1) is 10.7. The highest BCUT2D eigenvalue weighted by Crippen LogP contribution is 2.15. The fourth-order valence-corrected chi connectivity index (χ4v) is 1.67. The molecule has 0 unspecified atom stereocenters. The van der Waals surface area contributed by atoms with E-state index in [-0.39, 0.29) is 7.33 Å². The number of carbonyl (C=O) groups excluding carboxylic acids is 1. The van der Waals surface area contributed by atoms with Crippen molar-refractivity contribution in [2.75, 3.05) is 0 Å². The number of nitrogens with one attached hydrogen (secondary N) is 1. The smallest absolute Gasteiger partial charge is 0.219 e. The minimum absolute atomic E-state index is 0. The standard InChI is InChI=1S/C14H15NO.H2/c1-2-14(16)15-10-11-7-8-12-5-3-4-6-13(12)9-11;/h3-9H,2,10H2,1H3,(H,15,16);1H. The maximum atomic E-state index is 11.1. The number of hydrogen-bond acceptors (Lipinski definition) is 1. The summed E-state index contributed by atoms with van der Waals surface area (Å²) in [5.41, 5.74) is 1.14. The third-order valence-corrected chi connectivity index (χ3v) is 2.62. The van der Waals surface area contributed by atoms with Gasteiger partial charge in [0.15, 0.2) is 0 Å². The Labute approximate surface area is 96.8 Å². The van der Waals surface area contributed by atoms with E-state index in [2.05, 4.69) is 35.6 Å². The van der Waals surface area contributed by atoms with Crippen molar-refractivity contribution in [1.29, 1.82) is 0 Å². The van der Waals surface area contributed by atoms with Gasteiger partial charge in [0.1, 0.15) is 0 Å². The van der Waals surface area contributed by atoms with Gasteiger partial charge in [-0.2, -0.15) is 0 Å². The van der Waals surface area contributed by atoms with Gasteiger partial charge >= 0.3 is 0 Å². The zero-order valence-electron chi connectivity index (χ0n) is 9.36. The van der Waals surface area contributed by atoms with Gasteiger partial charge < -0.3 is 5.32 Å². The molecule has 2 aromatic rings. The predicted molar refractivity (Wildman–Crippen MR) is 68.2 cm³/mol. The molecule has 1 N–H and O–H groups in total. The van der Waals surface area contributed by atoms with Crippen LogP contribution >= 0.6 is 0 Å². The monoisotopic (exact) mass is 215 g/mol. The van der Waals surface area contributed by atoms with E-state index in [1.165, 1.54) is 10.8 Å². The van der Waals surface area contributed by atoms with E-state index in [9.17, 15) is 4.79 Å². The average Bonchev–Trinajstić information content (AvgIpc) is 2.35. The van der Waals surface area contributed by atoms with Crippen molar-refractivity contribution < 1.29 is 6.22 Å². The number of amides is 1. The van der Waals surface area contributed by atoms with Crippen LogP contribution < -0.4 is 5.32 Å². The largest absolute Gasteiger partial charge is 0.352 e. The summed E-state index contributed by atoms with van der Waals surface area (Å²) in [7, 11) is 0. The highest BCUT2D eigenvalue weighted by molar-refractivity contribution is 5.83. The molecular weight excluding hydrogens is 198 g/mol. The van der Waals surface area contributed by atoms with E-state index in [0.29, 0.717) is 13.0 Å². The van der Waals surface area contributed by atoms with Crippen LogP contribution in [0.15, 0.2) is 42.5 Å². The van der Waals surface area contributed by atoms with E-state index < -0.39 is 0 Å². The van der Waals surface area contributed by atoms with Gasteiger partial charge in [-0.05, 0) is 22.4 Å². The maximum Gasteiger partial charge on any atom is 0.219 e. The lowest BCUT2D eigenvalue weighted by atomic mass is 10.1. The van der Waals surface area contributed by atoms with Crippen LogP contribution in [0, 0.1) is 0 Å². The first-order valence-corrected chi connectivity index (χ1v) is 5.54. The molecule has 0 saturated carbocycles. The summed E-state index contributed by atoms with van der Waals surface area (Å²) in [5, 5.41) is 5.32. The zero-order valence-corrected chi connectivity index (χ0v) is 9.36. The molecule has 0 atom stereocenters. The third-order valence-electron chi connectivity index (χ3n) is 2.62. The Bertz CT molecular complexity index is 510. The van der Waals surface area contributed by atoms with E-state index in [1.54, 1.807) is 0 Å². The van der Waals surface area contributed by atoms with Crippen molar-refractivity contribution in [2.24, 2.45) is 0 Å². The number of benzene rings is 2. The SMILES string of the molecule is CCC(=O)NCc1ccc2ccccc2c1.[HH]. The molecule has 2 nitrogen and oxygen atoms in total. The Morgan fingerprint density at radius 3 is 2.69 bits per heavy atom. The van der Waals surface area contributed by atoms with Crippen LogP contribution in [-0.2, 0) is 11.3 Å². The molecule has 2 rings (SSSR count). The van der Waals surface area contributed by atoms with Crippen LogP contribution in [0.5, 0.6) is 0 Å². The molecule has 0 spiro atoms. The zero-order chi connectivity index (χ0) is 11.4. The van der Waals surface area contributed by atoms with Crippen molar-refractivity contribution in [2.45, 2.75) is 19.9 Å². The highest BCUT2D eigenvalue weighted by Gasteiger charge is 1.98. The Hall–Kier alpha value is -1.83. The predicted octanol–water partition coefficient (Wildman–Crippen LogP) is 3.11. The van der Waals surface area contributed by atoms with Crippen LogP contribution in [0.1, 0.15) is 20.3 Å². The summed E-state index contributed by atoms with van der Waals surface area (Å²) < 4.78 is 0. The molecule has 0 fully saturated rings. The molecule has 0 aliphatic carbocycles. The summed E-state index contributed by atoms with van der Waals surface area (Å²) in [6.45, 7) is 2.47. The first-order valence-electron chi connectivity index (χ1n) is 5.54. The maximum absolute atomic E-state index is 11.1. The van der Waals surface area contributed by atoms with Crippen molar-refractivity contribution in [3.8, 4) is 0 Å². The van der Waals surface area contributed by atoms with E-state index in [1.807, 2.05) is 19.1 Å². The molecule has 0 aromatic heterocycles.